The number of aliphatic hydroxyl groups is 1. The van der Waals surface area contributed by atoms with Crippen LogP contribution in [-0.4, -0.2) is 20.9 Å². The topological polar surface area (TPSA) is 76.2 Å². The van der Waals surface area contributed by atoms with Gasteiger partial charge in [0, 0.05) is 63.2 Å². The fourth-order valence-electron chi connectivity index (χ4n) is 6.05. The smallest absolute Gasteiger partial charge is 0.164 e. The van der Waals surface area contributed by atoms with Crippen molar-refractivity contribution in [3.05, 3.63) is 96.7 Å². The molecule has 0 aliphatic heterocycles. The number of aromatic nitrogens is 2. The molecule has 50 heavy (non-hydrogen) atoms. The van der Waals surface area contributed by atoms with E-state index in [2.05, 4.69) is 74.3 Å². The van der Waals surface area contributed by atoms with Gasteiger partial charge in [-0.1, -0.05) is 104 Å². The average molecular weight is 866 g/mol. The van der Waals surface area contributed by atoms with Crippen LogP contribution < -0.4 is 0 Å². The Bertz CT molecular complexity index is 2130. The molecular weight excluding hydrogens is 817 g/mol. The van der Waals surface area contributed by atoms with Gasteiger partial charge in [-0.05, 0) is 49.3 Å². The molecule has 0 amide bonds. The van der Waals surface area contributed by atoms with Gasteiger partial charge in [0.05, 0.1) is 11.8 Å². The minimum Gasteiger partial charge on any atom is -0.512 e. The first kappa shape index (κ1) is 39.2. The molecule has 0 fully saturated rings. The number of thiophene rings is 1. The summed E-state index contributed by atoms with van der Waals surface area (Å²) in [6, 6.07) is 24.7. The predicted molar refractivity (Wildman–Crippen MR) is 206 cm³/mol. The van der Waals surface area contributed by atoms with E-state index >= 15 is 0 Å². The van der Waals surface area contributed by atoms with Gasteiger partial charge < -0.3 is 9.52 Å². The van der Waals surface area contributed by atoms with Crippen molar-refractivity contribution in [2.24, 2.45) is 10.8 Å². The van der Waals surface area contributed by atoms with Crippen LogP contribution in [-0.2, 0) is 30.3 Å². The van der Waals surface area contributed by atoms with Gasteiger partial charge in [-0.25, -0.2) is 4.98 Å². The Morgan fingerprint density at radius 3 is 2.20 bits per heavy atom. The first-order valence-electron chi connectivity index (χ1n) is 17.4. The third kappa shape index (κ3) is 7.81. The number of benzene rings is 3. The Balaban J connectivity index is 0.000000269. The zero-order chi connectivity index (χ0) is 35.6. The van der Waals surface area contributed by atoms with Crippen molar-refractivity contribution in [2.75, 3.05) is 0 Å². The second-order valence-electron chi connectivity index (χ2n) is 14.5. The van der Waals surface area contributed by atoms with Crippen molar-refractivity contribution in [1.29, 1.82) is 0 Å². The zero-order valence-electron chi connectivity index (χ0n) is 30.7. The van der Waals surface area contributed by atoms with Crippen molar-refractivity contribution < 1.29 is 34.4 Å². The van der Waals surface area contributed by atoms with Crippen LogP contribution >= 0.6 is 11.3 Å². The Kier molecular flexibility index (Phi) is 12.3. The van der Waals surface area contributed by atoms with Gasteiger partial charge in [-0.15, -0.1) is 40.5 Å². The van der Waals surface area contributed by atoms with Crippen molar-refractivity contribution in [2.45, 2.75) is 93.4 Å². The van der Waals surface area contributed by atoms with Crippen molar-refractivity contribution >= 4 is 49.1 Å². The Hall–Kier alpha value is -3.64. The molecule has 0 bridgehead atoms. The molecule has 1 radical (unpaired) electrons. The first-order chi connectivity index (χ1) is 23.3. The molecule has 5 nitrogen and oxygen atoms in total. The standard InChI is InChI=1S/C28H21N2OS.C15H28O2.Ir/c1-28(2,3)22-14-18(13-17-7-4-5-8-19(17)22)26-27-23(29-16-30-26)15-25(32-27)21-9-6-10-24-20(21)11-12-31-24;1-7-14(5,8-2)12(16)11-13(17)15(6,9-3)10-4;/h4-12,14-16H,1-3H3;11,16H,7-10H2,1-6H3;/q-1;;/b;12-11-;. The predicted octanol–water partition coefficient (Wildman–Crippen LogP) is 12.7. The molecule has 0 saturated heterocycles. The van der Waals surface area contributed by atoms with E-state index < -0.39 is 0 Å². The minimum atomic E-state index is -0.337. The number of aliphatic hydroxyl groups excluding tert-OH is 1. The number of fused-ring (bicyclic) bond motifs is 3. The number of allylic oxidation sites excluding steroid dienone is 2. The number of ketones is 1. The van der Waals surface area contributed by atoms with E-state index in [1.165, 1.54) is 17.0 Å². The van der Waals surface area contributed by atoms with Crippen molar-refractivity contribution in [3.8, 4) is 21.7 Å². The zero-order valence-corrected chi connectivity index (χ0v) is 33.9. The van der Waals surface area contributed by atoms with Crippen molar-refractivity contribution in [1.82, 2.24) is 9.97 Å². The molecule has 7 heteroatoms. The van der Waals surface area contributed by atoms with Gasteiger partial charge in [0.1, 0.15) is 17.7 Å². The molecule has 0 unspecified atom stereocenters. The van der Waals surface area contributed by atoms with Crippen LogP contribution in [0.3, 0.4) is 0 Å². The summed E-state index contributed by atoms with van der Waals surface area (Å²) in [7, 11) is 0. The van der Waals surface area contributed by atoms with E-state index in [0.29, 0.717) is 0 Å². The Labute approximate surface area is 314 Å². The third-order valence-electron chi connectivity index (χ3n) is 10.5. The van der Waals surface area contributed by atoms with Crippen LogP contribution in [0.25, 0.3) is 53.7 Å². The van der Waals surface area contributed by atoms with Crippen LogP contribution in [0, 0.1) is 16.9 Å². The number of nitrogens with zero attached hydrogens (tertiary/aromatic N) is 2. The quantitative estimate of drug-likeness (QED) is 0.0890. The molecule has 0 aliphatic carbocycles. The van der Waals surface area contributed by atoms with E-state index in [9.17, 15) is 9.90 Å². The summed E-state index contributed by atoms with van der Waals surface area (Å²) in [5.74, 6) is 0.286. The third-order valence-corrected chi connectivity index (χ3v) is 11.7. The molecule has 0 atom stereocenters. The molecule has 0 spiro atoms. The molecule has 265 valence electrons. The number of hydrogen-bond donors (Lipinski definition) is 1. The van der Waals surface area contributed by atoms with Gasteiger partial charge >= 0.3 is 0 Å². The largest absolute Gasteiger partial charge is 0.512 e. The Morgan fingerprint density at radius 2 is 1.54 bits per heavy atom. The van der Waals surface area contributed by atoms with Crippen LogP contribution in [0.5, 0.6) is 0 Å². The molecular formula is C43H49IrN2O3S-. The van der Waals surface area contributed by atoms with E-state index in [-0.39, 0.29) is 47.9 Å². The Morgan fingerprint density at radius 1 is 0.860 bits per heavy atom. The van der Waals surface area contributed by atoms with Crippen LogP contribution in [0.15, 0.2) is 89.5 Å². The molecule has 6 aromatic rings. The fraction of sp³-hybridized carbons (Fsp3) is 0.372. The molecule has 3 aromatic heterocycles. The van der Waals surface area contributed by atoms with Gasteiger partial charge in [-0.3, -0.25) is 9.78 Å². The second kappa shape index (κ2) is 15.7. The summed E-state index contributed by atoms with van der Waals surface area (Å²) in [5.41, 5.74) is 5.65. The molecule has 3 heterocycles. The molecule has 3 aromatic carbocycles. The van der Waals surface area contributed by atoms with E-state index in [1.807, 2.05) is 59.7 Å². The van der Waals surface area contributed by atoms with E-state index in [4.69, 9.17) is 9.40 Å². The molecule has 6 rings (SSSR count). The van der Waals surface area contributed by atoms with Gasteiger partial charge in [0.15, 0.2) is 5.78 Å². The minimum absolute atomic E-state index is 0. The SMILES string of the molecule is CC(C)(C)c1cc(-c2ncnc3cc(-c4cccc5occc45)sc23)[c-]c2ccccc12.CCC(C)(CC)C(=O)/C=C(\O)C(C)(CC)CC.[Ir]. The second-order valence-corrected chi connectivity index (χ2v) is 15.6. The number of carbonyl (C=O) groups is 1. The number of furan rings is 1. The normalized spacial score (nSPS) is 12.5. The van der Waals surface area contributed by atoms with Gasteiger partial charge in [0.2, 0.25) is 0 Å². The summed E-state index contributed by atoms with van der Waals surface area (Å²) in [6.07, 6.45) is 8.15. The maximum Gasteiger partial charge on any atom is 0.164 e. The summed E-state index contributed by atoms with van der Waals surface area (Å²) in [4.78, 5) is 22.6. The average Bonchev–Trinajstić information content (AvgIpc) is 3.78. The summed E-state index contributed by atoms with van der Waals surface area (Å²) in [5, 5.41) is 13.6. The van der Waals surface area contributed by atoms with E-state index in [0.717, 1.165) is 74.0 Å². The monoisotopic (exact) mass is 866 g/mol. The number of carbonyl (C=O) groups excluding carboxylic acids is 1. The van der Waals surface area contributed by atoms with Gasteiger partial charge in [-0.2, -0.15) is 0 Å². The first-order valence-corrected chi connectivity index (χ1v) is 18.2. The molecule has 1 N–H and O–H groups in total. The van der Waals surface area contributed by atoms with Crippen LogP contribution in [0.2, 0.25) is 0 Å². The van der Waals surface area contributed by atoms with Crippen molar-refractivity contribution in [3.63, 3.8) is 0 Å². The number of rotatable bonds is 9. The maximum atomic E-state index is 12.2. The summed E-state index contributed by atoms with van der Waals surface area (Å²) >= 11 is 1.72. The van der Waals surface area contributed by atoms with Gasteiger partial charge in [0.25, 0.3) is 0 Å². The fourth-order valence-corrected chi connectivity index (χ4v) is 7.20. The number of hydrogen-bond acceptors (Lipinski definition) is 6. The van der Waals surface area contributed by atoms with Crippen LogP contribution in [0.1, 0.15) is 93.6 Å². The summed E-state index contributed by atoms with van der Waals surface area (Å²) in [6.45, 7) is 18.8. The molecule has 0 aliphatic rings. The molecule has 0 saturated carbocycles. The van der Waals surface area contributed by atoms with E-state index in [1.54, 1.807) is 23.9 Å². The maximum absolute atomic E-state index is 12.2. The van der Waals surface area contributed by atoms with Crippen LogP contribution in [0.4, 0.5) is 0 Å². The summed E-state index contributed by atoms with van der Waals surface area (Å²) < 4.78 is 6.68.